The van der Waals surface area contributed by atoms with Crippen LogP contribution in [0.5, 0.6) is 11.5 Å². The summed E-state index contributed by atoms with van der Waals surface area (Å²) in [5.74, 6) is -0.155. The summed E-state index contributed by atoms with van der Waals surface area (Å²) in [4.78, 5) is 0. The molecule has 0 amide bonds. The first kappa shape index (κ1) is 10.9. The zero-order chi connectivity index (χ0) is 10.8. The molecule has 0 spiro atoms. The summed E-state index contributed by atoms with van der Waals surface area (Å²) in [6.07, 6.45) is 1.65. The standard InChI is InChI=1S/C11H17NO2/c1-11(2,12)6-5-8-3-4-9(13)10(14)7-8/h3-4,7,13-14H,5-6,12H2,1-2H3. The third-order valence-corrected chi connectivity index (χ3v) is 2.10. The second kappa shape index (κ2) is 3.88. The molecule has 0 fully saturated rings. The number of aromatic hydroxyl groups is 2. The molecule has 1 aromatic carbocycles. The van der Waals surface area contributed by atoms with Crippen LogP contribution in [0, 0.1) is 0 Å². The number of rotatable bonds is 3. The summed E-state index contributed by atoms with van der Waals surface area (Å²) in [5, 5.41) is 18.3. The number of hydrogen-bond acceptors (Lipinski definition) is 3. The monoisotopic (exact) mass is 195 g/mol. The van der Waals surface area contributed by atoms with Gasteiger partial charge in [-0.3, -0.25) is 0 Å². The van der Waals surface area contributed by atoms with E-state index < -0.39 is 0 Å². The molecule has 1 aromatic rings. The highest BCUT2D eigenvalue weighted by Gasteiger charge is 2.10. The fourth-order valence-corrected chi connectivity index (χ4v) is 1.19. The van der Waals surface area contributed by atoms with Crippen LogP contribution in [-0.2, 0) is 6.42 Å². The summed E-state index contributed by atoms with van der Waals surface area (Å²) in [5.41, 5.74) is 6.62. The van der Waals surface area contributed by atoms with Crippen molar-refractivity contribution >= 4 is 0 Å². The highest BCUT2D eigenvalue weighted by Crippen LogP contribution is 2.25. The lowest BCUT2D eigenvalue weighted by atomic mass is 9.96. The van der Waals surface area contributed by atoms with Crippen LogP contribution in [0.1, 0.15) is 25.8 Å². The largest absolute Gasteiger partial charge is 0.504 e. The Kier molecular flexibility index (Phi) is 3.01. The van der Waals surface area contributed by atoms with Crippen molar-refractivity contribution in [2.75, 3.05) is 0 Å². The van der Waals surface area contributed by atoms with E-state index in [0.717, 1.165) is 18.4 Å². The Morgan fingerprint density at radius 3 is 2.36 bits per heavy atom. The van der Waals surface area contributed by atoms with Gasteiger partial charge in [-0.2, -0.15) is 0 Å². The molecular formula is C11H17NO2. The molecule has 78 valence electrons. The van der Waals surface area contributed by atoms with Crippen LogP contribution in [0.15, 0.2) is 18.2 Å². The van der Waals surface area contributed by atoms with Crippen molar-refractivity contribution in [2.45, 2.75) is 32.2 Å². The van der Waals surface area contributed by atoms with Gasteiger partial charge in [-0.15, -0.1) is 0 Å². The first-order valence-corrected chi connectivity index (χ1v) is 4.68. The Morgan fingerprint density at radius 2 is 1.86 bits per heavy atom. The van der Waals surface area contributed by atoms with E-state index in [4.69, 9.17) is 10.8 Å². The van der Waals surface area contributed by atoms with Crippen molar-refractivity contribution in [3.05, 3.63) is 23.8 Å². The summed E-state index contributed by atoms with van der Waals surface area (Å²) < 4.78 is 0. The Morgan fingerprint density at radius 1 is 1.21 bits per heavy atom. The van der Waals surface area contributed by atoms with Gasteiger partial charge >= 0.3 is 0 Å². The van der Waals surface area contributed by atoms with Crippen LogP contribution in [0.3, 0.4) is 0 Å². The van der Waals surface area contributed by atoms with Crippen LogP contribution in [0.2, 0.25) is 0 Å². The van der Waals surface area contributed by atoms with Crippen molar-refractivity contribution < 1.29 is 10.2 Å². The molecule has 0 saturated heterocycles. The lowest BCUT2D eigenvalue weighted by molar-refractivity contribution is 0.402. The van der Waals surface area contributed by atoms with Gasteiger partial charge in [0, 0.05) is 5.54 Å². The number of hydrogen-bond donors (Lipinski definition) is 3. The molecular weight excluding hydrogens is 178 g/mol. The molecule has 0 saturated carbocycles. The van der Waals surface area contributed by atoms with Gasteiger partial charge in [-0.25, -0.2) is 0 Å². The quantitative estimate of drug-likeness (QED) is 0.644. The molecule has 0 aliphatic heterocycles. The van der Waals surface area contributed by atoms with Gasteiger partial charge in [0.1, 0.15) is 0 Å². The maximum Gasteiger partial charge on any atom is 0.157 e. The maximum absolute atomic E-state index is 9.25. The molecule has 0 aliphatic rings. The normalized spacial score (nSPS) is 11.6. The zero-order valence-electron chi connectivity index (χ0n) is 8.62. The molecule has 0 aliphatic carbocycles. The van der Waals surface area contributed by atoms with E-state index in [1.54, 1.807) is 12.1 Å². The van der Waals surface area contributed by atoms with Crippen LogP contribution >= 0.6 is 0 Å². The summed E-state index contributed by atoms with van der Waals surface area (Å²) in [7, 11) is 0. The van der Waals surface area contributed by atoms with E-state index in [0.29, 0.717) is 0 Å². The van der Waals surface area contributed by atoms with Gasteiger partial charge < -0.3 is 15.9 Å². The lowest BCUT2D eigenvalue weighted by Crippen LogP contribution is -2.32. The molecule has 0 heterocycles. The van der Waals surface area contributed by atoms with E-state index in [2.05, 4.69) is 0 Å². The van der Waals surface area contributed by atoms with E-state index >= 15 is 0 Å². The van der Waals surface area contributed by atoms with Crippen molar-refractivity contribution in [3.8, 4) is 11.5 Å². The zero-order valence-corrected chi connectivity index (χ0v) is 8.62. The predicted octanol–water partition coefficient (Wildman–Crippen LogP) is 1.77. The Labute approximate surface area is 84.2 Å². The molecule has 3 nitrogen and oxygen atoms in total. The highest BCUT2D eigenvalue weighted by atomic mass is 16.3. The van der Waals surface area contributed by atoms with Crippen LogP contribution in [0.4, 0.5) is 0 Å². The molecule has 4 N–H and O–H groups in total. The Balaban J connectivity index is 2.65. The van der Waals surface area contributed by atoms with Crippen LogP contribution in [0.25, 0.3) is 0 Å². The summed E-state index contributed by atoms with van der Waals surface area (Å²) >= 11 is 0. The number of benzene rings is 1. The molecule has 0 unspecified atom stereocenters. The van der Waals surface area contributed by atoms with Gasteiger partial charge in [0.25, 0.3) is 0 Å². The number of phenolic OH excluding ortho intramolecular Hbond substituents is 2. The van der Waals surface area contributed by atoms with E-state index in [-0.39, 0.29) is 17.0 Å². The molecule has 0 atom stereocenters. The van der Waals surface area contributed by atoms with Gasteiger partial charge in [0.15, 0.2) is 11.5 Å². The fraction of sp³-hybridized carbons (Fsp3) is 0.455. The number of nitrogens with two attached hydrogens (primary N) is 1. The van der Waals surface area contributed by atoms with Crippen molar-refractivity contribution in [1.29, 1.82) is 0 Å². The third kappa shape index (κ3) is 3.26. The second-order valence-electron chi connectivity index (χ2n) is 4.31. The SMILES string of the molecule is CC(C)(N)CCc1ccc(O)c(O)c1. The minimum absolute atomic E-state index is 0.0719. The van der Waals surface area contributed by atoms with E-state index in [1.807, 2.05) is 13.8 Å². The van der Waals surface area contributed by atoms with Crippen LogP contribution < -0.4 is 5.73 Å². The maximum atomic E-state index is 9.25. The van der Waals surface area contributed by atoms with Crippen molar-refractivity contribution in [3.63, 3.8) is 0 Å². The fourth-order valence-electron chi connectivity index (χ4n) is 1.19. The summed E-state index contributed by atoms with van der Waals surface area (Å²) in [6.45, 7) is 3.93. The Hall–Kier alpha value is -1.22. The number of aryl methyl sites for hydroxylation is 1. The molecule has 14 heavy (non-hydrogen) atoms. The highest BCUT2D eigenvalue weighted by molar-refractivity contribution is 5.40. The second-order valence-corrected chi connectivity index (χ2v) is 4.31. The topological polar surface area (TPSA) is 66.5 Å². The summed E-state index contributed by atoms with van der Waals surface area (Å²) in [6, 6.07) is 4.86. The van der Waals surface area contributed by atoms with Crippen LogP contribution in [-0.4, -0.2) is 15.8 Å². The average molecular weight is 195 g/mol. The van der Waals surface area contributed by atoms with Gasteiger partial charge in [-0.05, 0) is 44.4 Å². The van der Waals surface area contributed by atoms with Gasteiger partial charge in [0.05, 0.1) is 0 Å². The van der Waals surface area contributed by atoms with E-state index in [1.165, 1.54) is 6.07 Å². The minimum atomic E-state index is -0.201. The van der Waals surface area contributed by atoms with Crippen molar-refractivity contribution in [1.82, 2.24) is 0 Å². The number of phenols is 2. The minimum Gasteiger partial charge on any atom is -0.504 e. The molecule has 0 bridgehead atoms. The molecule has 0 radical (unpaired) electrons. The first-order chi connectivity index (χ1) is 6.38. The Bertz CT molecular complexity index is 316. The molecule has 0 aromatic heterocycles. The third-order valence-electron chi connectivity index (χ3n) is 2.10. The smallest absolute Gasteiger partial charge is 0.157 e. The van der Waals surface area contributed by atoms with Crippen molar-refractivity contribution in [2.24, 2.45) is 5.73 Å². The first-order valence-electron chi connectivity index (χ1n) is 4.68. The predicted molar refractivity (Wildman–Crippen MR) is 56.4 cm³/mol. The molecule has 3 heteroatoms. The average Bonchev–Trinajstić information content (AvgIpc) is 2.06. The molecule has 1 rings (SSSR count). The van der Waals surface area contributed by atoms with E-state index in [9.17, 15) is 5.11 Å². The van der Waals surface area contributed by atoms with Gasteiger partial charge in [-0.1, -0.05) is 6.07 Å². The van der Waals surface area contributed by atoms with Gasteiger partial charge in [0.2, 0.25) is 0 Å². The lowest BCUT2D eigenvalue weighted by Gasteiger charge is -2.18.